The maximum absolute atomic E-state index is 5.67. The van der Waals surface area contributed by atoms with Crippen LogP contribution in [0.4, 0.5) is 0 Å². The third kappa shape index (κ3) is 3.64. The van der Waals surface area contributed by atoms with Crippen molar-refractivity contribution in [2.75, 3.05) is 13.6 Å². The Labute approximate surface area is 114 Å². The summed E-state index contributed by atoms with van der Waals surface area (Å²) >= 11 is 0. The number of nitrogens with zero attached hydrogens (tertiary/aromatic N) is 2. The molecule has 1 aromatic heterocycles. The normalized spacial score (nSPS) is 11.2. The number of benzene rings is 1. The van der Waals surface area contributed by atoms with Crippen molar-refractivity contribution in [2.24, 2.45) is 0 Å². The van der Waals surface area contributed by atoms with Crippen LogP contribution in [0.15, 0.2) is 28.7 Å². The lowest BCUT2D eigenvalue weighted by molar-refractivity contribution is 0.495. The summed E-state index contributed by atoms with van der Waals surface area (Å²) in [5.74, 6) is 1.85. The molecule has 2 rings (SSSR count). The Bertz CT molecular complexity index is 502. The number of aromatic nitrogens is 2. The minimum atomic E-state index is 0.536. The predicted octanol–water partition coefficient (Wildman–Crippen LogP) is 3.01. The second-order valence-corrected chi connectivity index (χ2v) is 4.98. The molecule has 0 fully saturated rings. The van der Waals surface area contributed by atoms with Crippen LogP contribution in [0.2, 0.25) is 0 Å². The highest BCUT2D eigenvalue weighted by atomic mass is 16.4. The van der Waals surface area contributed by atoms with Crippen LogP contribution in [0.3, 0.4) is 0 Å². The van der Waals surface area contributed by atoms with Gasteiger partial charge in [0.15, 0.2) is 0 Å². The highest BCUT2D eigenvalue weighted by Crippen LogP contribution is 2.21. The Kier molecular flexibility index (Phi) is 4.68. The fourth-order valence-electron chi connectivity index (χ4n) is 1.90. The predicted molar refractivity (Wildman–Crippen MR) is 76.1 cm³/mol. The Morgan fingerprint density at radius 1 is 1.16 bits per heavy atom. The van der Waals surface area contributed by atoms with Crippen molar-refractivity contribution in [1.29, 1.82) is 0 Å². The quantitative estimate of drug-likeness (QED) is 0.810. The van der Waals surface area contributed by atoms with E-state index in [1.165, 1.54) is 5.56 Å². The molecule has 0 spiro atoms. The van der Waals surface area contributed by atoms with Crippen LogP contribution in [0, 0.1) is 0 Å². The van der Waals surface area contributed by atoms with Crippen LogP contribution >= 0.6 is 0 Å². The van der Waals surface area contributed by atoms with Gasteiger partial charge in [0.2, 0.25) is 11.8 Å². The third-order valence-electron chi connectivity index (χ3n) is 3.11. The summed E-state index contributed by atoms with van der Waals surface area (Å²) in [5.41, 5.74) is 2.30. The molecule has 2 aromatic rings. The average Bonchev–Trinajstić information content (AvgIpc) is 2.88. The first-order chi connectivity index (χ1) is 9.20. The van der Waals surface area contributed by atoms with Crippen molar-refractivity contribution in [2.45, 2.75) is 32.6 Å². The summed E-state index contributed by atoms with van der Waals surface area (Å²) < 4.78 is 5.67. The summed E-state index contributed by atoms with van der Waals surface area (Å²) in [6.45, 7) is 5.32. The van der Waals surface area contributed by atoms with Crippen LogP contribution in [0.1, 0.15) is 37.6 Å². The van der Waals surface area contributed by atoms with E-state index in [0.717, 1.165) is 24.9 Å². The molecule has 0 aliphatic heterocycles. The van der Waals surface area contributed by atoms with E-state index in [1.807, 2.05) is 19.2 Å². The first-order valence-corrected chi connectivity index (χ1v) is 6.78. The topological polar surface area (TPSA) is 51.0 Å². The van der Waals surface area contributed by atoms with E-state index in [-0.39, 0.29) is 0 Å². The lowest BCUT2D eigenvalue weighted by Crippen LogP contribution is -2.08. The van der Waals surface area contributed by atoms with Crippen molar-refractivity contribution in [3.05, 3.63) is 35.7 Å². The van der Waals surface area contributed by atoms with Gasteiger partial charge in [0.1, 0.15) is 0 Å². The number of hydrogen-bond acceptors (Lipinski definition) is 4. The molecule has 1 heterocycles. The van der Waals surface area contributed by atoms with Gasteiger partial charge in [-0.15, -0.1) is 10.2 Å². The minimum absolute atomic E-state index is 0.536. The van der Waals surface area contributed by atoms with E-state index < -0.39 is 0 Å². The van der Waals surface area contributed by atoms with E-state index in [9.17, 15) is 0 Å². The highest BCUT2D eigenvalue weighted by Gasteiger charge is 2.08. The molecular formula is C15H21N3O. The number of nitrogens with one attached hydrogen (secondary N) is 1. The molecule has 0 aliphatic carbocycles. The second kappa shape index (κ2) is 6.48. The molecule has 0 aliphatic rings. The largest absolute Gasteiger partial charge is 0.421 e. The zero-order valence-corrected chi connectivity index (χ0v) is 11.8. The van der Waals surface area contributed by atoms with E-state index >= 15 is 0 Å². The van der Waals surface area contributed by atoms with Gasteiger partial charge in [0.25, 0.3) is 0 Å². The summed E-state index contributed by atoms with van der Waals surface area (Å²) in [6, 6.07) is 8.32. The maximum atomic E-state index is 5.67. The second-order valence-electron chi connectivity index (χ2n) is 4.98. The minimum Gasteiger partial charge on any atom is -0.421 e. The van der Waals surface area contributed by atoms with Crippen molar-refractivity contribution in [3.63, 3.8) is 0 Å². The summed E-state index contributed by atoms with van der Waals surface area (Å²) in [7, 11) is 1.94. The highest BCUT2D eigenvalue weighted by molar-refractivity contribution is 5.53. The molecular weight excluding hydrogens is 238 g/mol. The van der Waals surface area contributed by atoms with Crippen LogP contribution in [-0.4, -0.2) is 23.8 Å². The van der Waals surface area contributed by atoms with Gasteiger partial charge in [-0.25, -0.2) is 0 Å². The summed E-state index contributed by atoms with van der Waals surface area (Å²) in [4.78, 5) is 0. The lowest BCUT2D eigenvalue weighted by atomic mass is 10.0. The van der Waals surface area contributed by atoms with Gasteiger partial charge in [-0.2, -0.15) is 0 Å². The number of rotatable bonds is 6. The maximum Gasteiger partial charge on any atom is 0.247 e. The van der Waals surface area contributed by atoms with Gasteiger partial charge in [0.05, 0.1) is 0 Å². The van der Waals surface area contributed by atoms with Crippen LogP contribution in [-0.2, 0) is 6.42 Å². The SMILES string of the molecule is CNCCCc1nnc(-c2ccc(C(C)C)cc2)o1. The molecule has 0 unspecified atom stereocenters. The first kappa shape index (κ1) is 13.7. The molecule has 0 radical (unpaired) electrons. The van der Waals surface area contributed by atoms with Gasteiger partial charge in [-0.05, 0) is 43.6 Å². The Hall–Kier alpha value is -1.68. The number of hydrogen-bond donors (Lipinski definition) is 1. The van der Waals surface area contributed by atoms with Crippen LogP contribution in [0.25, 0.3) is 11.5 Å². The van der Waals surface area contributed by atoms with Gasteiger partial charge in [-0.3, -0.25) is 0 Å². The monoisotopic (exact) mass is 259 g/mol. The molecule has 4 heteroatoms. The molecule has 0 saturated heterocycles. The molecule has 0 atom stereocenters. The smallest absolute Gasteiger partial charge is 0.247 e. The van der Waals surface area contributed by atoms with Gasteiger partial charge >= 0.3 is 0 Å². The van der Waals surface area contributed by atoms with E-state index in [0.29, 0.717) is 17.7 Å². The van der Waals surface area contributed by atoms with Crippen molar-refractivity contribution >= 4 is 0 Å². The standard InChI is InChI=1S/C15H21N3O/c1-11(2)12-6-8-13(9-7-12)15-18-17-14(19-15)5-4-10-16-3/h6-9,11,16H,4-5,10H2,1-3H3. The molecule has 1 N–H and O–H groups in total. The van der Waals surface area contributed by atoms with Gasteiger partial charge < -0.3 is 9.73 Å². The van der Waals surface area contributed by atoms with E-state index in [4.69, 9.17) is 4.42 Å². The Morgan fingerprint density at radius 2 is 1.89 bits per heavy atom. The molecule has 19 heavy (non-hydrogen) atoms. The Balaban J connectivity index is 2.05. The molecule has 0 amide bonds. The average molecular weight is 259 g/mol. The molecule has 1 aromatic carbocycles. The van der Waals surface area contributed by atoms with Crippen molar-refractivity contribution in [3.8, 4) is 11.5 Å². The molecule has 0 saturated carbocycles. The fourth-order valence-corrected chi connectivity index (χ4v) is 1.90. The zero-order chi connectivity index (χ0) is 13.7. The van der Waals surface area contributed by atoms with Gasteiger partial charge in [-0.1, -0.05) is 26.0 Å². The van der Waals surface area contributed by atoms with Gasteiger partial charge in [0, 0.05) is 12.0 Å². The van der Waals surface area contributed by atoms with Crippen molar-refractivity contribution < 1.29 is 4.42 Å². The molecule has 0 bridgehead atoms. The fraction of sp³-hybridized carbons (Fsp3) is 0.467. The summed E-state index contributed by atoms with van der Waals surface area (Å²) in [6.07, 6.45) is 1.82. The van der Waals surface area contributed by atoms with Crippen LogP contribution in [0.5, 0.6) is 0 Å². The van der Waals surface area contributed by atoms with E-state index in [2.05, 4.69) is 41.5 Å². The van der Waals surface area contributed by atoms with Crippen molar-refractivity contribution in [1.82, 2.24) is 15.5 Å². The molecule has 102 valence electrons. The first-order valence-electron chi connectivity index (χ1n) is 6.78. The zero-order valence-electron chi connectivity index (χ0n) is 11.8. The molecule has 4 nitrogen and oxygen atoms in total. The number of aryl methyl sites for hydroxylation is 1. The Morgan fingerprint density at radius 3 is 2.53 bits per heavy atom. The summed E-state index contributed by atoms with van der Waals surface area (Å²) in [5, 5.41) is 11.3. The van der Waals surface area contributed by atoms with Crippen LogP contribution < -0.4 is 5.32 Å². The third-order valence-corrected chi connectivity index (χ3v) is 3.11. The lowest BCUT2D eigenvalue weighted by Gasteiger charge is -2.04. The van der Waals surface area contributed by atoms with E-state index in [1.54, 1.807) is 0 Å².